The number of amides is 1. The molecule has 1 rings (SSSR count). The van der Waals surface area contributed by atoms with Crippen molar-refractivity contribution in [2.75, 3.05) is 5.32 Å². The summed E-state index contributed by atoms with van der Waals surface area (Å²) in [7, 11) is 0. The molecule has 0 radical (unpaired) electrons. The Morgan fingerprint density at radius 1 is 1.00 bits per heavy atom. The Hall–Kier alpha value is -1.64. The Kier molecular flexibility index (Phi) is 8.41. The van der Waals surface area contributed by atoms with E-state index in [2.05, 4.69) is 19.2 Å². The average Bonchev–Trinajstić information content (AvgIpc) is 2.49. The second-order valence-corrected chi connectivity index (χ2v) is 5.47. The van der Waals surface area contributed by atoms with Crippen LogP contribution < -0.4 is 5.32 Å². The first-order valence-corrected chi connectivity index (χ1v) is 8.07. The zero-order valence-corrected chi connectivity index (χ0v) is 13.2. The van der Waals surface area contributed by atoms with Gasteiger partial charge < -0.3 is 5.32 Å². The molecule has 1 aromatic rings. The summed E-state index contributed by atoms with van der Waals surface area (Å²) in [5, 5.41) is 2.86. The van der Waals surface area contributed by atoms with Crippen molar-refractivity contribution in [1.82, 2.24) is 0 Å². The fourth-order valence-corrected chi connectivity index (χ4v) is 2.32. The molecule has 0 aliphatic heterocycles. The van der Waals surface area contributed by atoms with E-state index in [9.17, 15) is 9.59 Å². The maximum atomic E-state index is 12.4. The minimum atomic E-state index is -0.498. The van der Waals surface area contributed by atoms with Crippen LogP contribution in [0.4, 0.5) is 5.69 Å². The lowest BCUT2D eigenvalue weighted by Crippen LogP contribution is -2.29. The summed E-state index contributed by atoms with van der Waals surface area (Å²) < 4.78 is 0. The molecule has 3 nitrogen and oxygen atoms in total. The number of ketones is 1. The van der Waals surface area contributed by atoms with Crippen LogP contribution in [-0.4, -0.2) is 11.7 Å². The molecule has 0 aromatic heterocycles. The first-order valence-electron chi connectivity index (χ1n) is 8.07. The first-order chi connectivity index (χ1) is 10.2. The molecule has 1 N–H and O–H groups in total. The van der Waals surface area contributed by atoms with Gasteiger partial charge in [-0.15, -0.1) is 0 Å². The molecule has 0 fully saturated rings. The lowest BCUT2D eigenvalue weighted by Gasteiger charge is -2.15. The van der Waals surface area contributed by atoms with E-state index in [0.29, 0.717) is 12.8 Å². The number of hydrogen-bond donors (Lipinski definition) is 1. The molecule has 0 saturated heterocycles. The number of Topliss-reactive ketones (excluding diaryl/α,β-unsaturated/α-hetero) is 1. The molecule has 0 unspecified atom stereocenters. The predicted molar refractivity (Wildman–Crippen MR) is 87.2 cm³/mol. The van der Waals surface area contributed by atoms with Gasteiger partial charge in [-0.3, -0.25) is 9.59 Å². The van der Waals surface area contributed by atoms with E-state index in [-0.39, 0.29) is 11.7 Å². The van der Waals surface area contributed by atoms with Crippen LogP contribution in [0.25, 0.3) is 0 Å². The highest BCUT2D eigenvalue weighted by atomic mass is 16.2. The summed E-state index contributed by atoms with van der Waals surface area (Å²) in [5.74, 6) is -0.566. The average molecular weight is 289 g/mol. The molecule has 0 spiro atoms. The highest BCUT2D eigenvalue weighted by molar-refractivity contribution is 6.07. The summed E-state index contributed by atoms with van der Waals surface area (Å²) in [4.78, 5) is 24.7. The fourth-order valence-electron chi connectivity index (χ4n) is 2.32. The molecule has 1 atom stereocenters. The van der Waals surface area contributed by atoms with E-state index in [1.54, 1.807) is 0 Å². The maximum Gasteiger partial charge on any atom is 0.234 e. The number of benzene rings is 1. The zero-order valence-electron chi connectivity index (χ0n) is 13.2. The topological polar surface area (TPSA) is 46.2 Å². The zero-order chi connectivity index (χ0) is 15.5. The van der Waals surface area contributed by atoms with Crippen molar-refractivity contribution >= 4 is 17.4 Å². The Morgan fingerprint density at radius 2 is 1.67 bits per heavy atom. The van der Waals surface area contributed by atoms with Crippen molar-refractivity contribution in [2.45, 2.75) is 58.8 Å². The first kappa shape index (κ1) is 17.4. The number of hydrogen-bond acceptors (Lipinski definition) is 2. The molecular weight excluding hydrogens is 262 g/mol. The molecule has 21 heavy (non-hydrogen) atoms. The quantitative estimate of drug-likeness (QED) is 0.506. The van der Waals surface area contributed by atoms with Crippen LogP contribution in [0.2, 0.25) is 0 Å². The normalized spacial score (nSPS) is 11.9. The Labute approximate surface area is 128 Å². The van der Waals surface area contributed by atoms with Crippen molar-refractivity contribution in [1.29, 1.82) is 0 Å². The van der Waals surface area contributed by atoms with Crippen molar-refractivity contribution in [2.24, 2.45) is 5.92 Å². The Balaban J connectivity index is 2.62. The Morgan fingerprint density at radius 3 is 2.29 bits per heavy atom. The highest BCUT2D eigenvalue weighted by Gasteiger charge is 2.25. The summed E-state index contributed by atoms with van der Waals surface area (Å²) in [5.41, 5.74) is 0.755. The minimum absolute atomic E-state index is 0.0883. The number of carbonyl (C=O) groups excluding carboxylic acids is 2. The number of para-hydroxylation sites is 1. The lowest BCUT2D eigenvalue weighted by molar-refractivity contribution is -0.131. The largest absolute Gasteiger partial charge is 0.325 e. The van der Waals surface area contributed by atoms with Gasteiger partial charge in [0.1, 0.15) is 5.78 Å². The summed E-state index contributed by atoms with van der Waals surface area (Å²) in [6.45, 7) is 4.19. The third-order valence-electron chi connectivity index (χ3n) is 3.62. The monoisotopic (exact) mass is 289 g/mol. The van der Waals surface area contributed by atoms with Crippen molar-refractivity contribution < 1.29 is 9.59 Å². The second-order valence-electron chi connectivity index (χ2n) is 5.47. The van der Waals surface area contributed by atoms with Crippen LogP contribution in [0.1, 0.15) is 58.8 Å². The van der Waals surface area contributed by atoms with Crippen LogP contribution in [0.15, 0.2) is 30.3 Å². The highest BCUT2D eigenvalue weighted by Crippen LogP contribution is 2.17. The van der Waals surface area contributed by atoms with Crippen LogP contribution in [0, 0.1) is 5.92 Å². The fraction of sp³-hybridized carbons (Fsp3) is 0.556. The number of rotatable bonds is 10. The van der Waals surface area contributed by atoms with Crippen molar-refractivity contribution in [3.8, 4) is 0 Å². The summed E-state index contributed by atoms with van der Waals surface area (Å²) in [6, 6.07) is 9.34. The standard InChI is InChI=1S/C18H27NO2/c1-3-5-8-14-17(20)16(13-6-4-2)18(21)19-15-11-9-7-10-12-15/h7,9-12,16H,3-6,8,13-14H2,1-2H3,(H,19,21)/t16-/m1/s1. The van der Waals surface area contributed by atoms with E-state index >= 15 is 0 Å². The molecule has 0 bridgehead atoms. The molecule has 0 aliphatic carbocycles. The maximum absolute atomic E-state index is 12.4. The van der Waals surface area contributed by atoms with Gasteiger partial charge in [0.05, 0.1) is 5.92 Å². The SMILES string of the molecule is CCCCCC(=O)[C@@H](CCCC)C(=O)Nc1ccccc1. The molecular formula is C18H27NO2. The second kappa shape index (κ2) is 10.1. The van der Waals surface area contributed by atoms with Crippen LogP contribution in [-0.2, 0) is 9.59 Å². The molecule has 3 heteroatoms. The van der Waals surface area contributed by atoms with Gasteiger partial charge in [-0.2, -0.15) is 0 Å². The van der Waals surface area contributed by atoms with E-state index < -0.39 is 5.92 Å². The predicted octanol–water partition coefficient (Wildman–Crippen LogP) is 4.58. The number of carbonyl (C=O) groups is 2. The van der Waals surface area contributed by atoms with Gasteiger partial charge in [-0.05, 0) is 25.0 Å². The van der Waals surface area contributed by atoms with Gasteiger partial charge in [0.25, 0.3) is 0 Å². The van der Waals surface area contributed by atoms with Gasteiger partial charge >= 0.3 is 0 Å². The van der Waals surface area contributed by atoms with Gasteiger partial charge in [-0.1, -0.05) is 57.7 Å². The number of unbranched alkanes of at least 4 members (excludes halogenated alkanes) is 3. The number of nitrogens with one attached hydrogen (secondary N) is 1. The van der Waals surface area contributed by atoms with Gasteiger partial charge in [0.15, 0.2) is 0 Å². The minimum Gasteiger partial charge on any atom is -0.325 e. The third-order valence-corrected chi connectivity index (χ3v) is 3.62. The smallest absolute Gasteiger partial charge is 0.234 e. The van der Waals surface area contributed by atoms with Gasteiger partial charge in [-0.25, -0.2) is 0 Å². The molecule has 0 saturated carbocycles. The van der Waals surface area contributed by atoms with Crippen molar-refractivity contribution in [3.63, 3.8) is 0 Å². The van der Waals surface area contributed by atoms with Crippen LogP contribution in [0.5, 0.6) is 0 Å². The third kappa shape index (κ3) is 6.56. The van der Waals surface area contributed by atoms with E-state index in [1.165, 1.54) is 0 Å². The summed E-state index contributed by atoms with van der Waals surface area (Å²) >= 11 is 0. The molecule has 0 heterocycles. The van der Waals surface area contributed by atoms with Gasteiger partial charge in [0, 0.05) is 12.1 Å². The Bertz CT molecular complexity index is 428. The van der Waals surface area contributed by atoms with E-state index in [0.717, 1.165) is 37.8 Å². The van der Waals surface area contributed by atoms with Crippen LogP contribution >= 0.6 is 0 Å². The molecule has 1 aromatic carbocycles. The molecule has 0 aliphatic rings. The van der Waals surface area contributed by atoms with E-state index in [1.807, 2.05) is 30.3 Å². The molecule has 116 valence electrons. The van der Waals surface area contributed by atoms with Gasteiger partial charge in [0.2, 0.25) is 5.91 Å². The van der Waals surface area contributed by atoms with Crippen molar-refractivity contribution in [3.05, 3.63) is 30.3 Å². The lowest BCUT2D eigenvalue weighted by atomic mass is 9.93. The molecule has 1 amide bonds. The van der Waals surface area contributed by atoms with E-state index in [4.69, 9.17) is 0 Å². The summed E-state index contributed by atoms with van der Waals surface area (Å²) in [6.07, 6.45) is 6.10. The number of anilines is 1. The van der Waals surface area contributed by atoms with Crippen LogP contribution in [0.3, 0.4) is 0 Å².